The summed E-state index contributed by atoms with van der Waals surface area (Å²) in [6.07, 6.45) is 0.842. The third kappa shape index (κ3) is 3.10. The van der Waals surface area contributed by atoms with Crippen LogP contribution in [0.3, 0.4) is 0 Å². The zero-order valence-corrected chi connectivity index (χ0v) is 13.8. The van der Waals surface area contributed by atoms with Crippen molar-refractivity contribution in [1.29, 1.82) is 0 Å². The number of aromatic nitrogens is 1. The van der Waals surface area contributed by atoms with Crippen molar-refractivity contribution in [2.75, 3.05) is 25.6 Å². The monoisotopic (exact) mass is 338 g/mol. The van der Waals surface area contributed by atoms with Gasteiger partial charge in [-0.25, -0.2) is 0 Å². The molecule has 0 bridgehead atoms. The number of ether oxygens (including phenoxy) is 3. The number of H-pyrrole nitrogens is 1. The molecular weight excluding hydrogens is 320 g/mol. The maximum absolute atomic E-state index is 12.5. The number of hydrogen-bond donors (Lipinski definition) is 2. The van der Waals surface area contributed by atoms with Gasteiger partial charge in [0.1, 0.15) is 11.4 Å². The van der Waals surface area contributed by atoms with E-state index in [9.17, 15) is 4.79 Å². The Kier molecular flexibility index (Phi) is 3.93. The van der Waals surface area contributed by atoms with E-state index in [0.29, 0.717) is 36.1 Å². The molecule has 1 amide bonds. The number of carbonyl (C=O) groups is 1. The van der Waals surface area contributed by atoms with Crippen molar-refractivity contribution in [3.63, 3.8) is 0 Å². The van der Waals surface area contributed by atoms with E-state index < -0.39 is 0 Å². The molecule has 0 aliphatic carbocycles. The lowest BCUT2D eigenvalue weighted by Gasteiger charge is -2.10. The van der Waals surface area contributed by atoms with Crippen molar-refractivity contribution in [2.45, 2.75) is 6.42 Å². The number of methoxy groups -OCH3 is 1. The Morgan fingerprint density at radius 2 is 1.92 bits per heavy atom. The Balaban J connectivity index is 1.56. The first kappa shape index (κ1) is 15.4. The van der Waals surface area contributed by atoms with Crippen LogP contribution in [0.5, 0.6) is 17.2 Å². The standard InChI is InChI=1S/C19H18N2O4/c1-23-14-5-3-12-9-16(21-15(12)11-14)19(22)20-13-4-6-17-18(10-13)25-8-2-7-24-17/h3-6,9-11,21H,2,7-8H2,1H3,(H,20,22). The first-order valence-corrected chi connectivity index (χ1v) is 8.11. The molecular formula is C19H18N2O4. The lowest BCUT2D eigenvalue weighted by molar-refractivity contribution is 0.102. The van der Waals surface area contributed by atoms with E-state index in [-0.39, 0.29) is 5.91 Å². The smallest absolute Gasteiger partial charge is 0.272 e. The Morgan fingerprint density at radius 1 is 1.08 bits per heavy atom. The Hall–Kier alpha value is -3.15. The van der Waals surface area contributed by atoms with Gasteiger partial charge in [0, 0.05) is 35.1 Å². The van der Waals surface area contributed by atoms with Gasteiger partial charge in [0.15, 0.2) is 11.5 Å². The molecule has 0 atom stereocenters. The number of aromatic amines is 1. The Labute approximate surface area is 144 Å². The van der Waals surface area contributed by atoms with E-state index in [1.165, 1.54) is 0 Å². The molecule has 0 radical (unpaired) electrons. The maximum atomic E-state index is 12.5. The molecule has 2 heterocycles. The predicted octanol–water partition coefficient (Wildman–Crippen LogP) is 3.59. The highest BCUT2D eigenvalue weighted by molar-refractivity contribution is 6.06. The van der Waals surface area contributed by atoms with Crippen LogP contribution in [0, 0.1) is 0 Å². The Bertz CT molecular complexity index is 932. The summed E-state index contributed by atoms with van der Waals surface area (Å²) < 4.78 is 16.5. The van der Waals surface area contributed by atoms with E-state index in [4.69, 9.17) is 14.2 Å². The lowest BCUT2D eigenvalue weighted by Crippen LogP contribution is -2.12. The number of amides is 1. The SMILES string of the molecule is COc1ccc2cc(C(=O)Nc3ccc4c(c3)OCCCO4)[nH]c2c1. The summed E-state index contributed by atoms with van der Waals surface area (Å²) in [5.41, 5.74) is 1.99. The highest BCUT2D eigenvalue weighted by atomic mass is 16.5. The Morgan fingerprint density at radius 3 is 2.76 bits per heavy atom. The summed E-state index contributed by atoms with van der Waals surface area (Å²) >= 11 is 0. The molecule has 0 spiro atoms. The summed E-state index contributed by atoms with van der Waals surface area (Å²) in [5.74, 6) is 1.87. The van der Waals surface area contributed by atoms with Gasteiger partial charge in [0.25, 0.3) is 5.91 Å². The van der Waals surface area contributed by atoms with Crippen LogP contribution in [0.4, 0.5) is 5.69 Å². The zero-order valence-electron chi connectivity index (χ0n) is 13.8. The van der Waals surface area contributed by atoms with Gasteiger partial charge in [-0.2, -0.15) is 0 Å². The number of benzene rings is 2. The summed E-state index contributed by atoms with van der Waals surface area (Å²) in [6, 6.07) is 12.8. The molecule has 128 valence electrons. The molecule has 1 aromatic heterocycles. The third-order valence-electron chi connectivity index (χ3n) is 4.08. The van der Waals surface area contributed by atoms with E-state index in [2.05, 4.69) is 10.3 Å². The fraction of sp³-hybridized carbons (Fsp3) is 0.211. The van der Waals surface area contributed by atoms with Gasteiger partial charge in [0.05, 0.1) is 20.3 Å². The van der Waals surface area contributed by atoms with Crippen LogP contribution in [-0.4, -0.2) is 31.2 Å². The molecule has 2 aromatic carbocycles. The normalized spacial score (nSPS) is 13.3. The van der Waals surface area contributed by atoms with Crippen molar-refractivity contribution < 1.29 is 19.0 Å². The second-order valence-electron chi connectivity index (χ2n) is 5.80. The fourth-order valence-corrected chi connectivity index (χ4v) is 2.79. The number of fused-ring (bicyclic) bond motifs is 2. The van der Waals surface area contributed by atoms with Crippen molar-refractivity contribution >= 4 is 22.5 Å². The van der Waals surface area contributed by atoms with Crippen LogP contribution >= 0.6 is 0 Å². The minimum atomic E-state index is -0.218. The first-order chi connectivity index (χ1) is 12.2. The second-order valence-corrected chi connectivity index (χ2v) is 5.80. The molecule has 2 N–H and O–H groups in total. The summed E-state index contributed by atoms with van der Waals surface area (Å²) in [4.78, 5) is 15.6. The fourth-order valence-electron chi connectivity index (χ4n) is 2.79. The van der Waals surface area contributed by atoms with E-state index in [0.717, 1.165) is 23.1 Å². The molecule has 25 heavy (non-hydrogen) atoms. The summed E-state index contributed by atoms with van der Waals surface area (Å²) in [6.45, 7) is 1.24. The van der Waals surface area contributed by atoms with Crippen LogP contribution in [0.2, 0.25) is 0 Å². The highest BCUT2D eigenvalue weighted by Gasteiger charge is 2.14. The van der Waals surface area contributed by atoms with Crippen LogP contribution in [-0.2, 0) is 0 Å². The number of anilines is 1. The topological polar surface area (TPSA) is 72.6 Å². The first-order valence-electron chi connectivity index (χ1n) is 8.11. The minimum absolute atomic E-state index is 0.218. The van der Waals surface area contributed by atoms with Gasteiger partial charge in [-0.15, -0.1) is 0 Å². The molecule has 0 unspecified atom stereocenters. The minimum Gasteiger partial charge on any atom is -0.497 e. The van der Waals surface area contributed by atoms with E-state index in [1.807, 2.05) is 30.3 Å². The summed E-state index contributed by atoms with van der Waals surface area (Å²) in [5, 5.41) is 3.83. The number of carbonyl (C=O) groups excluding carboxylic acids is 1. The second kappa shape index (κ2) is 6.39. The molecule has 0 saturated carbocycles. The molecule has 6 heteroatoms. The van der Waals surface area contributed by atoms with E-state index >= 15 is 0 Å². The van der Waals surface area contributed by atoms with E-state index in [1.54, 1.807) is 19.2 Å². The maximum Gasteiger partial charge on any atom is 0.272 e. The molecule has 1 aliphatic heterocycles. The van der Waals surface area contributed by atoms with Crippen molar-refractivity contribution in [2.24, 2.45) is 0 Å². The summed E-state index contributed by atoms with van der Waals surface area (Å²) in [7, 11) is 1.61. The van der Waals surface area contributed by atoms with Gasteiger partial charge < -0.3 is 24.5 Å². The zero-order chi connectivity index (χ0) is 17.2. The van der Waals surface area contributed by atoms with Crippen LogP contribution in [0.1, 0.15) is 16.9 Å². The quantitative estimate of drug-likeness (QED) is 0.765. The number of nitrogens with one attached hydrogen (secondary N) is 2. The van der Waals surface area contributed by atoms with Crippen molar-refractivity contribution in [3.05, 3.63) is 48.2 Å². The molecule has 6 nitrogen and oxygen atoms in total. The van der Waals surface area contributed by atoms with Crippen molar-refractivity contribution in [1.82, 2.24) is 4.98 Å². The van der Waals surface area contributed by atoms with Gasteiger partial charge in [0.2, 0.25) is 0 Å². The molecule has 3 aromatic rings. The molecule has 1 aliphatic rings. The van der Waals surface area contributed by atoms with Crippen LogP contribution in [0.15, 0.2) is 42.5 Å². The van der Waals surface area contributed by atoms with Gasteiger partial charge >= 0.3 is 0 Å². The molecule has 0 saturated heterocycles. The van der Waals surface area contributed by atoms with Gasteiger partial charge in [-0.3, -0.25) is 4.79 Å². The largest absolute Gasteiger partial charge is 0.497 e. The van der Waals surface area contributed by atoms with Crippen LogP contribution in [0.25, 0.3) is 10.9 Å². The van der Waals surface area contributed by atoms with Crippen molar-refractivity contribution in [3.8, 4) is 17.2 Å². The average Bonchev–Trinajstić information content (AvgIpc) is 2.92. The number of hydrogen-bond acceptors (Lipinski definition) is 4. The lowest BCUT2D eigenvalue weighted by atomic mass is 10.2. The third-order valence-corrected chi connectivity index (χ3v) is 4.08. The molecule has 0 fully saturated rings. The van der Waals surface area contributed by atoms with Gasteiger partial charge in [-0.1, -0.05) is 0 Å². The average molecular weight is 338 g/mol. The van der Waals surface area contributed by atoms with Crippen LogP contribution < -0.4 is 19.5 Å². The number of rotatable bonds is 3. The van der Waals surface area contributed by atoms with Gasteiger partial charge in [-0.05, 0) is 30.3 Å². The molecule has 4 rings (SSSR count). The highest BCUT2D eigenvalue weighted by Crippen LogP contribution is 2.32. The predicted molar refractivity (Wildman–Crippen MR) is 94.9 cm³/mol.